The van der Waals surface area contributed by atoms with Crippen molar-refractivity contribution in [1.29, 1.82) is 0 Å². The lowest BCUT2D eigenvalue weighted by Crippen LogP contribution is -2.48. The monoisotopic (exact) mass is 241 g/mol. The Hall–Kier alpha value is -0.610. The van der Waals surface area contributed by atoms with Crippen molar-refractivity contribution in [2.24, 2.45) is 5.41 Å². The SMILES string of the molecule is CN(C)CCN1CC(C)(C)NCC(C)(C)C1=O. The van der Waals surface area contributed by atoms with Gasteiger partial charge in [-0.2, -0.15) is 0 Å². The van der Waals surface area contributed by atoms with Crippen LogP contribution in [0.5, 0.6) is 0 Å². The van der Waals surface area contributed by atoms with Gasteiger partial charge in [-0.1, -0.05) is 0 Å². The Morgan fingerprint density at radius 2 is 1.88 bits per heavy atom. The van der Waals surface area contributed by atoms with Crippen LogP contribution in [0.1, 0.15) is 27.7 Å². The number of hydrogen-bond acceptors (Lipinski definition) is 3. The number of amides is 1. The van der Waals surface area contributed by atoms with Crippen molar-refractivity contribution < 1.29 is 4.79 Å². The molecule has 0 saturated carbocycles. The van der Waals surface area contributed by atoms with E-state index in [-0.39, 0.29) is 16.9 Å². The lowest BCUT2D eigenvalue weighted by molar-refractivity contribution is -0.139. The third-order valence-electron chi connectivity index (χ3n) is 3.28. The van der Waals surface area contributed by atoms with Crippen molar-refractivity contribution in [2.75, 3.05) is 40.3 Å². The molecule has 1 saturated heterocycles. The maximum atomic E-state index is 12.4. The van der Waals surface area contributed by atoms with Gasteiger partial charge in [-0.3, -0.25) is 4.79 Å². The van der Waals surface area contributed by atoms with Gasteiger partial charge in [0.1, 0.15) is 0 Å². The van der Waals surface area contributed by atoms with Crippen LogP contribution < -0.4 is 5.32 Å². The number of carbonyl (C=O) groups excluding carboxylic acids is 1. The van der Waals surface area contributed by atoms with Gasteiger partial charge >= 0.3 is 0 Å². The second-order valence-corrected chi connectivity index (χ2v) is 6.65. The van der Waals surface area contributed by atoms with Crippen molar-refractivity contribution in [1.82, 2.24) is 15.1 Å². The molecular weight excluding hydrogens is 214 g/mol. The minimum Gasteiger partial charge on any atom is -0.339 e. The molecule has 1 aliphatic heterocycles. The quantitative estimate of drug-likeness (QED) is 0.793. The summed E-state index contributed by atoms with van der Waals surface area (Å²) in [6, 6.07) is 0. The van der Waals surface area contributed by atoms with Gasteiger partial charge in [0.15, 0.2) is 0 Å². The molecule has 0 aromatic carbocycles. The number of nitrogens with zero attached hydrogens (tertiary/aromatic N) is 2. The third-order valence-corrected chi connectivity index (χ3v) is 3.28. The molecular formula is C13H27N3O. The van der Waals surface area contributed by atoms with Crippen LogP contribution in [-0.4, -0.2) is 61.5 Å². The van der Waals surface area contributed by atoms with E-state index in [0.717, 1.165) is 26.2 Å². The topological polar surface area (TPSA) is 35.6 Å². The van der Waals surface area contributed by atoms with Crippen molar-refractivity contribution in [3.05, 3.63) is 0 Å². The average molecular weight is 241 g/mol. The highest BCUT2D eigenvalue weighted by atomic mass is 16.2. The first-order valence-electron chi connectivity index (χ1n) is 6.33. The molecule has 1 fully saturated rings. The fourth-order valence-electron chi connectivity index (χ4n) is 2.07. The van der Waals surface area contributed by atoms with Crippen molar-refractivity contribution in [2.45, 2.75) is 33.2 Å². The van der Waals surface area contributed by atoms with Gasteiger partial charge in [-0.15, -0.1) is 0 Å². The van der Waals surface area contributed by atoms with Gasteiger partial charge in [0.25, 0.3) is 0 Å². The first kappa shape index (κ1) is 14.5. The van der Waals surface area contributed by atoms with Gasteiger partial charge in [0.2, 0.25) is 5.91 Å². The van der Waals surface area contributed by atoms with Crippen LogP contribution in [0.2, 0.25) is 0 Å². The molecule has 1 rings (SSSR count). The van der Waals surface area contributed by atoms with Crippen LogP contribution in [0.25, 0.3) is 0 Å². The summed E-state index contributed by atoms with van der Waals surface area (Å²) < 4.78 is 0. The number of rotatable bonds is 3. The van der Waals surface area contributed by atoms with Crippen LogP contribution in [0.4, 0.5) is 0 Å². The highest BCUT2D eigenvalue weighted by Gasteiger charge is 2.38. The van der Waals surface area contributed by atoms with Crippen LogP contribution in [-0.2, 0) is 4.79 Å². The van der Waals surface area contributed by atoms with Gasteiger partial charge in [0.05, 0.1) is 5.41 Å². The number of likely N-dealkylation sites (N-methyl/N-ethyl adjacent to an activating group) is 1. The zero-order valence-corrected chi connectivity index (χ0v) is 12.1. The fourth-order valence-corrected chi connectivity index (χ4v) is 2.07. The molecule has 0 radical (unpaired) electrons. The van der Waals surface area contributed by atoms with E-state index in [9.17, 15) is 4.79 Å². The van der Waals surface area contributed by atoms with E-state index >= 15 is 0 Å². The van der Waals surface area contributed by atoms with Crippen LogP contribution in [0.15, 0.2) is 0 Å². The summed E-state index contributed by atoms with van der Waals surface area (Å²) in [6.07, 6.45) is 0. The van der Waals surface area contributed by atoms with Gasteiger partial charge in [-0.05, 0) is 41.8 Å². The van der Waals surface area contributed by atoms with E-state index in [4.69, 9.17) is 0 Å². The molecule has 0 spiro atoms. The van der Waals surface area contributed by atoms with Crippen molar-refractivity contribution in [3.8, 4) is 0 Å². The Kier molecular flexibility index (Phi) is 4.20. The molecule has 4 heteroatoms. The lowest BCUT2D eigenvalue weighted by atomic mass is 9.92. The normalized spacial score (nSPS) is 23.9. The molecule has 1 aliphatic rings. The maximum absolute atomic E-state index is 12.4. The van der Waals surface area contributed by atoms with E-state index in [1.807, 2.05) is 32.8 Å². The second kappa shape index (κ2) is 4.94. The molecule has 4 nitrogen and oxygen atoms in total. The highest BCUT2D eigenvalue weighted by molar-refractivity contribution is 5.82. The molecule has 0 atom stereocenters. The number of carbonyl (C=O) groups is 1. The first-order valence-corrected chi connectivity index (χ1v) is 6.33. The van der Waals surface area contributed by atoms with E-state index in [1.54, 1.807) is 0 Å². The summed E-state index contributed by atoms with van der Waals surface area (Å²) in [5, 5.41) is 3.48. The second-order valence-electron chi connectivity index (χ2n) is 6.65. The smallest absolute Gasteiger partial charge is 0.229 e. The molecule has 0 aromatic rings. The summed E-state index contributed by atoms with van der Waals surface area (Å²) >= 11 is 0. The summed E-state index contributed by atoms with van der Waals surface area (Å²) in [7, 11) is 4.08. The van der Waals surface area contributed by atoms with Crippen LogP contribution >= 0.6 is 0 Å². The molecule has 0 aliphatic carbocycles. The number of nitrogens with one attached hydrogen (secondary N) is 1. The Morgan fingerprint density at radius 1 is 1.29 bits per heavy atom. The van der Waals surface area contributed by atoms with Crippen molar-refractivity contribution >= 4 is 5.91 Å². The predicted molar refractivity (Wildman–Crippen MR) is 71.0 cm³/mol. The Balaban J connectivity index is 2.79. The molecule has 0 unspecified atom stereocenters. The Morgan fingerprint density at radius 3 is 2.41 bits per heavy atom. The molecule has 1 N–H and O–H groups in total. The van der Waals surface area contributed by atoms with E-state index in [1.165, 1.54) is 0 Å². The summed E-state index contributed by atoms with van der Waals surface area (Å²) in [5.41, 5.74) is -0.310. The van der Waals surface area contributed by atoms with Gasteiger partial charge in [-0.25, -0.2) is 0 Å². The van der Waals surface area contributed by atoms with E-state index in [0.29, 0.717) is 0 Å². The van der Waals surface area contributed by atoms with Gasteiger partial charge in [0, 0.05) is 31.7 Å². The zero-order valence-electron chi connectivity index (χ0n) is 12.1. The van der Waals surface area contributed by atoms with Gasteiger partial charge < -0.3 is 15.1 Å². The minimum atomic E-state index is -0.305. The maximum Gasteiger partial charge on any atom is 0.229 e. The summed E-state index contributed by atoms with van der Waals surface area (Å²) in [4.78, 5) is 16.6. The lowest BCUT2D eigenvalue weighted by Gasteiger charge is -2.31. The average Bonchev–Trinajstić information content (AvgIpc) is 2.26. The standard InChI is InChI=1S/C13H27N3O/c1-12(2)9-14-13(3,4)10-16(11(12)17)8-7-15(5)6/h14H,7-10H2,1-6H3. The Bertz CT molecular complexity index is 284. The third kappa shape index (κ3) is 3.96. The van der Waals surface area contributed by atoms with Crippen LogP contribution in [0, 0.1) is 5.41 Å². The largest absolute Gasteiger partial charge is 0.339 e. The van der Waals surface area contributed by atoms with E-state index < -0.39 is 0 Å². The summed E-state index contributed by atoms with van der Waals surface area (Å²) in [5.74, 6) is 0.262. The molecule has 100 valence electrons. The minimum absolute atomic E-state index is 0.00422. The van der Waals surface area contributed by atoms with Crippen LogP contribution in [0.3, 0.4) is 0 Å². The van der Waals surface area contributed by atoms with E-state index in [2.05, 4.69) is 24.1 Å². The molecule has 1 amide bonds. The predicted octanol–water partition coefficient (Wildman–Crippen LogP) is 0.785. The zero-order chi connectivity index (χ0) is 13.3. The summed E-state index contributed by atoms with van der Waals surface area (Å²) in [6.45, 7) is 11.6. The first-order chi connectivity index (χ1) is 7.64. The highest BCUT2D eigenvalue weighted by Crippen LogP contribution is 2.24. The number of hydrogen-bond donors (Lipinski definition) is 1. The van der Waals surface area contributed by atoms with Crippen molar-refractivity contribution in [3.63, 3.8) is 0 Å². The molecule has 0 aromatic heterocycles. The molecule has 0 bridgehead atoms. The Labute approximate surface area is 105 Å². The molecule has 1 heterocycles. The molecule has 17 heavy (non-hydrogen) atoms. The fraction of sp³-hybridized carbons (Fsp3) is 0.923.